The molecule has 3 aromatic rings. The fourth-order valence-corrected chi connectivity index (χ4v) is 3.52. The lowest BCUT2D eigenvalue weighted by Gasteiger charge is -2.21. The van der Waals surface area contributed by atoms with Crippen molar-refractivity contribution in [2.24, 2.45) is 5.14 Å². The number of nitrogens with zero attached hydrogens (tertiary/aromatic N) is 2. The van der Waals surface area contributed by atoms with E-state index >= 15 is 0 Å². The molecule has 3 N–H and O–H groups in total. The molecule has 0 bridgehead atoms. The number of hydrogen-bond donors (Lipinski definition) is 2. The molecule has 0 saturated carbocycles. The summed E-state index contributed by atoms with van der Waals surface area (Å²) >= 11 is 1.12. The van der Waals surface area contributed by atoms with Gasteiger partial charge in [-0.1, -0.05) is 0 Å². The van der Waals surface area contributed by atoms with E-state index in [-0.39, 0.29) is 0 Å². The van der Waals surface area contributed by atoms with Crippen molar-refractivity contribution in [3.05, 3.63) is 54.2 Å². The molecule has 1 aliphatic heterocycles. The molecule has 0 spiro atoms. The minimum absolute atomic E-state index is 0.823. The van der Waals surface area contributed by atoms with Gasteiger partial charge < -0.3 is 14.4 Å². The molecule has 2 aromatic carbocycles. The van der Waals surface area contributed by atoms with E-state index in [9.17, 15) is 0 Å². The highest BCUT2D eigenvalue weighted by molar-refractivity contribution is 7.98. The summed E-state index contributed by atoms with van der Waals surface area (Å²) in [6, 6.07) is 14.5. The van der Waals surface area contributed by atoms with Crippen molar-refractivity contribution < 1.29 is 4.74 Å². The van der Waals surface area contributed by atoms with E-state index in [1.807, 2.05) is 18.3 Å². The van der Waals surface area contributed by atoms with Gasteiger partial charge in [0.2, 0.25) is 0 Å². The van der Waals surface area contributed by atoms with E-state index < -0.39 is 0 Å². The lowest BCUT2D eigenvalue weighted by molar-refractivity contribution is 0.415. The number of benzene rings is 2. The number of pyridine rings is 1. The van der Waals surface area contributed by atoms with Crippen molar-refractivity contribution in [3.8, 4) is 5.75 Å². The summed E-state index contributed by atoms with van der Waals surface area (Å²) in [7, 11) is 1.67. The number of anilines is 3. The number of ether oxygens (including phenoxy) is 1. The molecular weight excluding hydrogens is 320 g/mol. The third-order valence-corrected chi connectivity index (χ3v) is 4.72. The van der Waals surface area contributed by atoms with E-state index in [1.54, 1.807) is 7.11 Å². The highest BCUT2D eigenvalue weighted by atomic mass is 32.2. The Morgan fingerprint density at radius 3 is 2.92 bits per heavy atom. The Morgan fingerprint density at radius 1 is 1.17 bits per heavy atom. The molecular formula is C18H18N4OS. The van der Waals surface area contributed by atoms with Crippen molar-refractivity contribution in [3.63, 3.8) is 0 Å². The summed E-state index contributed by atoms with van der Waals surface area (Å²) in [5.74, 6) is 0.823. The predicted molar refractivity (Wildman–Crippen MR) is 101 cm³/mol. The molecule has 0 unspecified atom stereocenters. The number of hydrogen-bond acceptors (Lipinski definition) is 6. The van der Waals surface area contributed by atoms with Gasteiger partial charge in [0.15, 0.2) is 0 Å². The molecule has 0 radical (unpaired) electrons. The number of methoxy groups -OCH3 is 1. The molecule has 0 saturated heterocycles. The Labute approximate surface area is 145 Å². The number of fused-ring (bicyclic) bond motifs is 2. The highest BCUT2D eigenvalue weighted by Crippen LogP contribution is 2.39. The molecule has 24 heavy (non-hydrogen) atoms. The normalized spacial score (nSPS) is 13.2. The molecule has 5 nitrogen and oxygen atoms in total. The molecule has 2 heterocycles. The van der Waals surface area contributed by atoms with Gasteiger partial charge in [0.05, 0.1) is 18.3 Å². The van der Waals surface area contributed by atoms with Gasteiger partial charge >= 0.3 is 0 Å². The largest absolute Gasteiger partial charge is 0.497 e. The third kappa shape index (κ3) is 2.53. The van der Waals surface area contributed by atoms with Crippen LogP contribution in [0.15, 0.2) is 48.7 Å². The molecule has 0 aliphatic carbocycles. The van der Waals surface area contributed by atoms with Crippen LogP contribution >= 0.6 is 12.1 Å². The molecule has 1 aromatic heterocycles. The van der Waals surface area contributed by atoms with E-state index in [4.69, 9.17) is 9.88 Å². The van der Waals surface area contributed by atoms with Gasteiger partial charge in [-0.3, -0.25) is 10.1 Å². The maximum absolute atomic E-state index is 5.49. The lowest BCUT2D eigenvalue weighted by atomic mass is 10.1. The van der Waals surface area contributed by atoms with Crippen LogP contribution in [0.3, 0.4) is 0 Å². The van der Waals surface area contributed by atoms with Gasteiger partial charge in [0.25, 0.3) is 0 Å². The van der Waals surface area contributed by atoms with Gasteiger partial charge in [-0.2, -0.15) is 0 Å². The summed E-state index contributed by atoms with van der Waals surface area (Å²) in [5.41, 5.74) is 5.72. The average molecular weight is 338 g/mol. The van der Waals surface area contributed by atoms with Crippen molar-refractivity contribution in [2.75, 3.05) is 23.3 Å². The highest BCUT2D eigenvalue weighted by Gasteiger charge is 2.22. The summed E-state index contributed by atoms with van der Waals surface area (Å²) in [5, 5.41) is 6.62. The van der Waals surface area contributed by atoms with Gasteiger partial charge in [0.1, 0.15) is 5.75 Å². The van der Waals surface area contributed by atoms with Crippen LogP contribution in [0.5, 0.6) is 5.75 Å². The summed E-state index contributed by atoms with van der Waals surface area (Å²) in [6.45, 7) is 0.958. The Bertz CT molecular complexity index is 899. The molecule has 6 heteroatoms. The van der Waals surface area contributed by atoms with Crippen LogP contribution in [0.25, 0.3) is 10.9 Å². The smallest absolute Gasteiger partial charge is 0.121 e. The molecule has 122 valence electrons. The van der Waals surface area contributed by atoms with E-state index in [0.29, 0.717) is 0 Å². The molecule has 1 aliphatic rings. The first-order valence-corrected chi connectivity index (χ1v) is 8.63. The average Bonchev–Trinajstić information content (AvgIpc) is 3.04. The second kappa shape index (κ2) is 6.22. The maximum Gasteiger partial charge on any atom is 0.121 e. The lowest BCUT2D eigenvalue weighted by Crippen LogP contribution is -2.13. The van der Waals surface area contributed by atoms with Crippen LogP contribution in [0.4, 0.5) is 17.1 Å². The Balaban J connectivity index is 1.77. The Morgan fingerprint density at radius 2 is 2.08 bits per heavy atom. The number of aromatic nitrogens is 1. The summed E-state index contributed by atoms with van der Waals surface area (Å²) in [4.78, 5) is 6.84. The van der Waals surface area contributed by atoms with E-state index in [2.05, 4.69) is 44.9 Å². The number of nitrogens with two attached hydrogens (primary N) is 1. The standard InChI is InChI=1S/C18H18N4OS/c1-23-14-3-4-15-16(11-14)20-8-6-18(15)22-9-7-12-10-13(21-24-19)2-5-17(12)22/h2-6,8,10-11,21H,7,9,19H2,1H3. The van der Waals surface area contributed by atoms with Gasteiger partial charge in [-0.05, 0) is 48.4 Å². The van der Waals surface area contributed by atoms with E-state index in [0.717, 1.165) is 47.4 Å². The number of nitrogens with one attached hydrogen (secondary N) is 1. The van der Waals surface area contributed by atoms with Gasteiger partial charge in [-0.15, -0.1) is 0 Å². The van der Waals surface area contributed by atoms with Crippen LogP contribution in [0, 0.1) is 0 Å². The fourth-order valence-electron chi connectivity index (χ4n) is 3.26. The first-order chi connectivity index (χ1) is 11.8. The van der Waals surface area contributed by atoms with Crippen LogP contribution in [0.2, 0.25) is 0 Å². The zero-order valence-electron chi connectivity index (χ0n) is 13.3. The summed E-state index contributed by atoms with van der Waals surface area (Å²) in [6.07, 6.45) is 2.87. The van der Waals surface area contributed by atoms with Crippen molar-refractivity contribution in [1.29, 1.82) is 0 Å². The third-order valence-electron chi connectivity index (χ3n) is 4.37. The molecule has 0 fully saturated rings. The van der Waals surface area contributed by atoms with E-state index in [1.165, 1.54) is 16.9 Å². The van der Waals surface area contributed by atoms with Gasteiger partial charge in [0, 0.05) is 47.7 Å². The second-order valence-corrected chi connectivity index (χ2v) is 6.12. The van der Waals surface area contributed by atoms with Gasteiger partial charge in [-0.25, -0.2) is 0 Å². The minimum Gasteiger partial charge on any atom is -0.497 e. The summed E-state index contributed by atoms with van der Waals surface area (Å²) < 4.78 is 8.39. The molecule has 4 rings (SSSR count). The van der Waals surface area contributed by atoms with Crippen LogP contribution < -0.4 is 19.5 Å². The number of rotatable bonds is 4. The van der Waals surface area contributed by atoms with Crippen molar-refractivity contribution in [2.45, 2.75) is 6.42 Å². The fraction of sp³-hybridized carbons (Fsp3) is 0.167. The second-order valence-electron chi connectivity index (χ2n) is 5.68. The quantitative estimate of drug-likeness (QED) is 0.704. The Hall–Kier alpha value is -2.44. The molecule has 0 amide bonds. The zero-order valence-corrected chi connectivity index (χ0v) is 14.1. The van der Waals surface area contributed by atoms with Crippen LogP contribution in [-0.4, -0.2) is 18.6 Å². The molecule has 0 atom stereocenters. The SMILES string of the molecule is COc1ccc2c(N3CCc4cc(NSN)ccc43)ccnc2c1. The topological polar surface area (TPSA) is 63.4 Å². The minimum atomic E-state index is 0.823. The predicted octanol–water partition coefficient (Wildman–Crippen LogP) is 3.87. The first kappa shape index (κ1) is 15.1. The maximum atomic E-state index is 5.49. The monoisotopic (exact) mass is 338 g/mol. The van der Waals surface area contributed by atoms with Crippen LogP contribution in [0.1, 0.15) is 5.56 Å². The Kier molecular flexibility index (Phi) is 3.92. The van der Waals surface area contributed by atoms with Crippen molar-refractivity contribution in [1.82, 2.24) is 4.98 Å². The first-order valence-electron chi connectivity index (χ1n) is 7.75. The van der Waals surface area contributed by atoms with Crippen LogP contribution in [-0.2, 0) is 6.42 Å². The van der Waals surface area contributed by atoms with Crippen molar-refractivity contribution >= 4 is 40.1 Å². The zero-order chi connectivity index (χ0) is 16.5.